The van der Waals surface area contributed by atoms with E-state index in [9.17, 15) is 9.59 Å². The van der Waals surface area contributed by atoms with Crippen molar-refractivity contribution in [1.29, 1.82) is 0 Å². The van der Waals surface area contributed by atoms with Crippen LogP contribution >= 0.6 is 0 Å². The Kier molecular flexibility index (Phi) is 4.19. The monoisotopic (exact) mass is 302 g/mol. The number of carbonyl (C=O) groups excluding carboxylic acids is 2. The van der Waals surface area contributed by atoms with Crippen LogP contribution in [0.25, 0.3) is 0 Å². The number of ether oxygens (including phenoxy) is 2. The molecule has 1 saturated carbocycles. The summed E-state index contributed by atoms with van der Waals surface area (Å²) in [6.07, 6.45) is 1.79. The zero-order valence-corrected chi connectivity index (χ0v) is 13.0. The van der Waals surface area contributed by atoms with Crippen molar-refractivity contribution in [2.75, 3.05) is 0 Å². The summed E-state index contributed by atoms with van der Waals surface area (Å²) in [6, 6.07) is 8.98. The van der Waals surface area contributed by atoms with Gasteiger partial charge in [-0.3, -0.25) is 4.79 Å². The van der Waals surface area contributed by atoms with Gasteiger partial charge in [-0.2, -0.15) is 0 Å². The summed E-state index contributed by atoms with van der Waals surface area (Å²) >= 11 is 0. The van der Waals surface area contributed by atoms with Crippen LogP contribution in [-0.4, -0.2) is 24.1 Å². The van der Waals surface area contributed by atoms with Crippen LogP contribution in [0.5, 0.6) is 0 Å². The Labute approximate surface area is 130 Å². The average molecular weight is 302 g/mol. The highest BCUT2D eigenvalue weighted by Crippen LogP contribution is 2.42. The number of fused-ring (bicyclic) bond motifs is 2. The molecular weight excluding hydrogens is 280 g/mol. The van der Waals surface area contributed by atoms with E-state index in [-0.39, 0.29) is 36.0 Å². The number of hydrogen-bond acceptors (Lipinski definition) is 4. The first-order valence-electron chi connectivity index (χ1n) is 8.01. The Morgan fingerprint density at radius 2 is 2.00 bits per heavy atom. The minimum absolute atomic E-state index is 0.0135. The second-order valence-corrected chi connectivity index (χ2v) is 6.77. The molecule has 0 N–H and O–H groups in total. The first kappa shape index (κ1) is 15.1. The average Bonchev–Trinajstić information content (AvgIpc) is 2.80. The fourth-order valence-corrected chi connectivity index (χ4v) is 3.64. The van der Waals surface area contributed by atoms with Crippen LogP contribution in [0, 0.1) is 17.8 Å². The highest BCUT2D eigenvalue weighted by Gasteiger charge is 2.50. The highest BCUT2D eigenvalue weighted by molar-refractivity contribution is 5.89. The summed E-state index contributed by atoms with van der Waals surface area (Å²) in [5.41, 5.74) is 0.539. The maximum atomic E-state index is 12.3. The van der Waals surface area contributed by atoms with E-state index in [0.717, 1.165) is 12.8 Å². The van der Waals surface area contributed by atoms with Gasteiger partial charge in [-0.15, -0.1) is 0 Å². The molecule has 0 radical (unpaired) electrons. The molecule has 1 aromatic rings. The lowest BCUT2D eigenvalue weighted by atomic mass is 9.76. The maximum Gasteiger partial charge on any atom is 0.338 e. The van der Waals surface area contributed by atoms with Crippen LogP contribution in [0.4, 0.5) is 0 Å². The summed E-state index contributed by atoms with van der Waals surface area (Å²) in [7, 11) is 0. The van der Waals surface area contributed by atoms with Gasteiger partial charge >= 0.3 is 11.9 Å². The predicted molar refractivity (Wildman–Crippen MR) is 81.2 cm³/mol. The second kappa shape index (κ2) is 6.11. The lowest BCUT2D eigenvalue weighted by Crippen LogP contribution is -2.41. The van der Waals surface area contributed by atoms with Crippen molar-refractivity contribution >= 4 is 11.9 Å². The van der Waals surface area contributed by atoms with Crippen LogP contribution in [0.1, 0.15) is 43.5 Å². The normalized spacial score (nSPS) is 30.2. The highest BCUT2D eigenvalue weighted by atomic mass is 16.6. The van der Waals surface area contributed by atoms with Crippen LogP contribution in [0.3, 0.4) is 0 Å². The molecule has 2 aliphatic rings. The van der Waals surface area contributed by atoms with Crippen molar-refractivity contribution in [3.8, 4) is 0 Å². The predicted octanol–water partition coefficient (Wildman–Crippen LogP) is 3.21. The van der Waals surface area contributed by atoms with Crippen molar-refractivity contribution in [2.45, 2.75) is 45.3 Å². The Bertz CT molecular complexity index is 551. The van der Waals surface area contributed by atoms with Gasteiger partial charge in [0, 0.05) is 12.3 Å². The fourth-order valence-electron chi connectivity index (χ4n) is 3.64. The topological polar surface area (TPSA) is 52.6 Å². The van der Waals surface area contributed by atoms with Crippen molar-refractivity contribution in [3.05, 3.63) is 35.9 Å². The quantitative estimate of drug-likeness (QED) is 0.801. The summed E-state index contributed by atoms with van der Waals surface area (Å²) in [4.78, 5) is 24.2. The van der Waals surface area contributed by atoms with Gasteiger partial charge in [-0.05, 0) is 30.9 Å². The molecule has 1 heterocycles. The summed E-state index contributed by atoms with van der Waals surface area (Å²) in [5, 5.41) is 0. The molecule has 0 amide bonds. The number of rotatable bonds is 4. The third-order valence-corrected chi connectivity index (χ3v) is 4.56. The van der Waals surface area contributed by atoms with E-state index in [0.29, 0.717) is 17.9 Å². The summed E-state index contributed by atoms with van der Waals surface area (Å²) in [5.74, 6) is 0.219. The molecule has 4 heteroatoms. The molecule has 1 aromatic carbocycles. The third kappa shape index (κ3) is 3.01. The van der Waals surface area contributed by atoms with Gasteiger partial charge in [0.1, 0.15) is 12.2 Å². The molecule has 118 valence electrons. The van der Waals surface area contributed by atoms with E-state index in [4.69, 9.17) is 9.47 Å². The van der Waals surface area contributed by atoms with Crippen molar-refractivity contribution in [1.82, 2.24) is 0 Å². The zero-order chi connectivity index (χ0) is 15.7. The van der Waals surface area contributed by atoms with Gasteiger partial charge in [0.2, 0.25) is 0 Å². The number of benzene rings is 1. The van der Waals surface area contributed by atoms with Gasteiger partial charge in [0.25, 0.3) is 0 Å². The lowest BCUT2D eigenvalue weighted by molar-refractivity contribution is -0.146. The number of hydrogen-bond donors (Lipinski definition) is 0. The van der Waals surface area contributed by atoms with Gasteiger partial charge < -0.3 is 9.47 Å². The molecular formula is C18H22O4. The molecule has 4 nitrogen and oxygen atoms in total. The van der Waals surface area contributed by atoms with Crippen LogP contribution in [0.2, 0.25) is 0 Å². The minimum Gasteiger partial charge on any atom is -0.458 e. The SMILES string of the molecule is CC(C)CC1CC2CC(OC2=O)[C@@H]1OC(=O)c1ccccc1. The molecule has 22 heavy (non-hydrogen) atoms. The lowest BCUT2D eigenvalue weighted by Gasteiger charge is -2.34. The molecule has 2 bridgehead atoms. The van der Waals surface area contributed by atoms with Crippen molar-refractivity contribution in [2.24, 2.45) is 17.8 Å². The Morgan fingerprint density at radius 3 is 2.68 bits per heavy atom. The standard InChI is InChI=1S/C18H22O4/c1-11(2)8-13-9-14-10-15(21-18(14)20)16(13)22-17(19)12-6-4-3-5-7-12/h3-7,11,13-16H,8-10H2,1-2H3/t13?,14?,15?,16-/m1/s1. The first-order chi connectivity index (χ1) is 10.5. The molecule has 2 fully saturated rings. The molecule has 1 aliphatic carbocycles. The molecule has 4 atom stereocenters. The Morgan fingerprint density at radius 1 is 1.27 bits per heavy atom. The molecule has 1 aliphatic heterocycles. The zero-order valence-electron chi connectivity index (χ0n) is 13.0. The van der Waals surface area contributed by atoms with E-state index in [2.05, 4.69) is 13.8 Å². The van der Waals surface area contributed by atoms with Gasteiger partial charge in [-0.1, -0.05) is 32.0 Å². The van der Waals surface area contributed by atoms with E-state index in [1.54, 1.807) is 12.1 Å². The first-order valence-corrected chi connectivity index (χ1v) is 8.01. The molecule has 3 rings (SSSR count). The van der Waals surface area contributed by atoms with E-state index in [1.165, 1.54) is 0 Å². The molecule has 0 aromatic heterocycles. The van der Waals surface area contributed by atoms with Gasteiger partial charge in [0.15, 0.2) is 0 Å². The molecule has 0 spiro atoms. The maximum absolute atomic E-state index is 12.3. The molecule has 3 unspecified atom stereocenters. The van der Waals surface area contributed by atoms with E-state index >= 15 is 0 Å². The summed E-state index contributed by atoms with van der Waals surface area (Å²) in [6.45, 7) is 4.30. The molecule has 1 saturated heterocycles. The largest absolute Gasteiger partial charge is 0.458 e. The second-order valence-electron chi connectivity index (χ2n) is 6.77. The third-order valence-electron chi connectivity index (χ3n) is 4.56. The van der Waals surface area contributed by atoms with Crippen molar-refractivity contribution in [3.63, 3.8) is 0 Å². The Hall–Kier alpha value is -1.84. The van der Waals surface area contributed by atoms with Crippen LogP contribution in [0.15, 0.2) is 30.3 Å². The fraction of sp³-hybridized carbons (Fsp3) is 0.556. The van der Waals surface area contributed by atoms with Crippen LogP contribution in [-0.2, 0) is 14.3 Å². The smallest absolute Gasteiger partial charge is 0.338 e. The Balaban J connectivity index is 1.76. The minimum atomic E-state index is -0.333. The summed E-state index contributed by atoms with van der Waals surface area (Å²) < 4.78 is 11.2. The van der Waals surface area contributed by atoms with E-state index < -0.39 is 0 Å². The van der Waals surface area contributed by atoms with Crippen molar-refractivity contribution < 1.29 is 19.1 Å². The van der Waals surface area contributed by atoms with Gasteiger partial charge in [-0.25, -0.2) is 4.79 Å². The number of carbonyl (C=O) groups is 2. The van der Waals surface area contributed by atoms with E-state index in [1.807, 2.05) is 18.2 Å². The number of esters is 2. The van der Waals surface area contributed by atoms with Crippen LogP contribution < -0.4 is 0 Å². The van der Waals surface area contributed by atoms with Gasteiger partial charge in [0.05, 0.1) is 11.5 Å².